The summed E-state index contributed by atoms with van der Waals surface area (Å²) in [5, 5.41) is 10.6. The number of piperidine rings is 1. The Morgan fingerprint density at radius 1 is 1.03 bits per heavy atom. The Balaban J connectivity index is 1.46. The zero-order valence-electron chi connectivity index (χ0n) is 18.5. The summed E-state index contributed by atoms with van der Waals surface area (Å²) >= 11 is 0. The van der Waals surface area contributed by atoms with Crippen molar-refractivity contribution in [1.29, 1.82) is 0 Å². The van der Waals surface area contributed by atoms with Gasteiger partial charge in [0.05, 0.1) is 0 Å². The molecule has 2 aromatic carbocycles. The van der Waals surface area contributed by atoms with Gasteiger partial charge in [-0.2, -0.15) is 0 Å². The number of carbonyl (C=O) groups excluding carboxylic acids is 2. The van der Waals surface area contributed by atoms with Gasteiger partial charge < -0.3 is 14.9 Å². The van der Waals surface area contributed by atoms with Crippen LogP contribution in [-0.4, -0.2) is 41.0 Å². The number of phenols is 1. The molecule has 2 bridgehead atoms. The summed E-state index contributed by atoms with van der Waals surface area (Å²) in [5.74, 6) is -0.458. The second-order valence-electron chi connectivity index (χ2n) is 10.0. The van der Waals surface area contributed by atoms with E-state index in [1.165, 1.54) is 5.56 Å². The second kappa shape index (κ2) is 6.84. The van der Waals surface area contributed by atoms with Crippen LogP contribution in [0.5, 0.6) is 5.75 Å². The van der Waals surface area contributed by atoms with Gasteiger partial charge >= 0.3 is 0 Å². The number of phenolic OH excluding ortho intramolecular Hbond substituents is 1. The summed E-state index contributed by atoms with van der Waals surface area (Å²) < 4.78 is 0. The molecule has 5 nitrogen and oxygen atoms in total. The Kier molecular flexibility index (Phi) is 4.44. The van der Waals surface area contributed by atoms with E-state index in [1.54, 1.807) is 11.0 Å². The molecule has 2 saturated heterocycles. The molecular weight excluding hydrogens is 388 g/mol. The molecule has 31 heavy (non-hydrogen) atoms. The summed E-state index contributed by atoms with van der Waals surface area (Å²) in [5.41, 5.74) is 2.72. The standard InChI is InChI=1S/C26H30N2O3/c1-25(2)22-16-19-20(10-7-11-21(19)29)26(25,3)13-15-28(22)24(31)18-12-14-27(23(18)30)17-8-5-4-6-9-17/h4-11,18,22,29H,12-16H2,1-3H3/t18?,22-,26+/m1/s1. The van der Waals surface area contributed by atoms with E-state index in [9.17, 15) is 14.7 Å². The molecule has 0 spiro atoms. The van der Waals surface area contributed by atoms with E-state index in [1.807, 2.05) is 41.3 Å². The average molecular weight is 419 g/mol. The Hall–Kier alpha value is -2.82. The number of anilines is 1. The van der Waals surface area contributed by atoms with Crippen molar-refractivity contribution in [3.63, 3.8) is 0 Å². The van der Waals surface area contributed by atoms with Gasteiger partial charge in [-0.25, -0.2) is 0 Å². The van der Waals surface area contributed by atoms with Crippen LogP contribution in [0.2, 0.25) is 0 Å². The molecule has 2 heterocycles. The van der Waals surface area contributed by atoms with Gasteiger partial charge in [0.1, 0.15) is 11.7 Å². The van der Waals surface area contributed by atoms with Gasteiger partial charge in [-0.1, -0.05) is 51.1 Å². The Bertz CT molecular complexity index is 1050. The quantitative estimate of drug-likeness (QED) is 0.753. The fourth-order valence-corrected chi connectivity index (χ4v) is 6.16. The number of hydrogen-bond donors (Lipinski definition) is 1. The molecular formula is C26H30N2O3. The van der Waals surface area contributed by atoms with Crippen molar-refractivity contribution in [2.24, 2.45) is 11.3 Å². The predicted molar refractivity (Wildman–Crippen MR) is 120 cm³/mol. The summed E-state index contributed by atoms with van der Waals surface area (Å²) in [6.07, 6.45) is 2.00. The van der Waals surface area contributed by atoms with Crippen LogP contribution in [0.4, 0.5) is 5.69 Å². The number of fused-ring (bicyclic) bond motifs is 4. The average Bonchev–Trinajstić information content (AvgIpc) is 3.13. The highest BCUT2D eigenvalue weighted by atomic mass is 16.3. The first-order chi connectivity index (χ1) is 14.8. The third-order valence-corrected chi connectivity index (χ3v) is 8.48. The van der Waals surface area contributed by atoms with E-state index in [2.05, 4.69) is 26.8 Å². The highest BCUT2D eigenvalue weighted by Crippen LogP contribution is 2.57. The molecule has 2 amide bonds. The van der Waals surface area contributed by atoms with Gasteiger partial charge in [-0.05, 0) is 54.0 Å². The number of para-hydroxylation sites is 1. The smallest absolute Gasteiger partial charge is 0.239 e. The van der Waals surface area contributed by atoms with Crippen LogP contribution in [0, 0.1) is 11.3 Å². The Morgan fingerprint density at radius 3 is 2.52 bits per heavy atom. The van der Waals surface area contributed by atoms with Crippen LogP contribution in [0.3, 0.4) is 0 Å². The fraction of sp³-hybridized carbons (Fsp3) is 0.462. The molecule has 2 aliphatic heterocycles. The van der Waals surface area contributed by atoms with Crippen molar-refractivity contribution >= 4 is 17.5 Å². The third-order valence-electron chi connectivity index (χ3n) is 8.48. The van der Waals surface area contributed by atoms with Crippen LogP contribution >= 0.6 is 0 Å². The van der Waals surface area contributed by atoms with E-state index >= 15 is 0 Å². The lowest BCUT2D eigenvalue weighted by Crippen LogP contribution is -2.65. The number of rotatable bonds is 2. The first-order valence-electron chi connectivity index (χ1n) is 11.2. The second-order valence-corrected chi connectivity index (χ2v) is 10.0. The molecule has 2 fully saturated rings. The van der Waals surface area contributed by atoms with Crippen LogP contribution < -0.4 is 4.90 Å². The highest BCUT2D eigenvalue weighted by Gasteiger charge is 2.58. The summed E-state index contributed by atoms with van der Waals surface area (Å²) in [6, 6.07) is 15.3. The largest absolute Gasteiger partial charge is 0.508 e. The topological polar surface area (TPSA) is 60.9 Å². The summed E-state index contributed by atoms with van der Waals surface area (Å²) in [7, 11) is 0. The van der Waals surface area contributed by atoms with Crippen molar-refractivity contribution < 1.29 is 14.7 Å². The number of aromatic hydroxyl groups is 1. The van der Waals surface area contributed by atoms with E-state index in [4.69, 9.17) is 0 Å². The number of likely N-dealkylation sites (tertiary alicyclic amines) is 1. The van der Waals surface area contributed by atoms with E-state index < -0.39 is 5.92 Å². The number of nitrogens with zero attached hydrogens (tertiary/aromatic N) is 2. The molecule has 162 valence electrons. The number of hydrogen-bond acceptors (Lipinski definition) is 3. The highest BCUT2D eigenvalue weighted by molar-refractivity contribution is 6.09. The maximum atomic E-state index is 13.7. The van der Waals surface area contributed by atoms with Crippen LogP contribution in [0.25, 0.3) is 0 Å². The lowest BCUT2D eigenvalue weighted by Gasteiger charge is -2.61. The molecule has 2 aromatic rings. The van der Waals surface area contributed by atoms with Gasteiger partial charge in [0.15, 0.2) is 0 Å². The zero-order chi connectivity index (χ0) is 22.0. The molecule has 3 aliphatic rings. The zero-order valence-corrected chi connectivity index (χ0v) is 18.5. The third kappa shape index (κ3) is 2.75. The van der Waals surface area contributed by atoms with Gasteiger partial charge in [-0.15, -0.1) is 0 Å². The van der Waals surface area contributed by atoms with Crippen molar-refractivity contribution in [1.82, 2.24) is 4.90 Å². The Labute approximate surface area is 183 Å². The summed E-state index contributed by atoms with van der Waals surface area (Å²) in [6.45, 7) is 7.95. The first kappa shape index (κ1) is 20.1. The molecule has 5 rings (SSSR count). The maximum absolute atomic E-state index is 13.7. The van der Waals surface area contributed by atoms with Crippen molar-refractivity contribution in [2.45, 2.75) is 51.5 Å². The normalized spacial score (nSPS) is 29.1. The van der Waals surface area contributed by atoms with Crippen LogP contribution in [0.15, 0.2) is 48.5 Å². The molecule has 3 atom stereocenters. The molecule has 1 unspecified atom stereocenters. The van der Waals surface area contributed by atoms with Crippen LogP contribution in [-0.2, 0) is 21.4 Å². The molecule has 0 aromatic heterocycles. The lowest BCUT2D eigenvalue weighted by atomic mass is 9.51. The van der Waals surface area contributed by atoms with Gasteiger partial charge in [0, 0.05) is 30.2 Å². The monoisotopic (exact) mass is 418 g/mol. The first-order valence-corrected chi connectivity index (χ1v) is 11.2. The van der Waals surface area contributed by atoms with Crippen molar-refractivity contribution in [2.75, 3.05) is 18.0 Å². The van der Waals surface area contributed by atoms with E-state index in [0.717, 1.165) is 17.7 Å². The Morgan fingerprint density at radius 2 is 1.77 bits per heavy atom. The SMILES string of the molecule is CC1(C)[C@H]2Cc3c(O)cccc3[C@]1(C)CCN2C(=O)C1CCN(c2ccccc2)C1=O. The minimum Gasteiger partial charge on any atom is -0.508 e. The predicted octanol–water partition coefficient (Wildman–Crippen LogP) is 3.89. The molecule has 1 aliphatic carbocycles. The lowest BCUT2D eigenvalue weighted by molar-refractivity contribution is -0.150. The maximum Gasteiger partial charge on any atom is 0.239 e. The fourth-order valence-electron chi connectivity index (χ4n) is 6.16. The molecule has 5 heteroatoms. The minimum absolute atomic E-state index is 0.0434. The van der Waals surface area contributed by atoms with Gasteiger partial charge in [0.2, 0.25) is 11.8 Å². The minimum atomic E-state index is -0.619. The number of amides is 2. The number of carbonyl (C=O) groups is 2. The van der Waals surface area contributed by atoms with Crippen molar-refractivity contribution in [3.8, 4) is 5.75 Å². The summed E-state index contributed by atoms with van der Waals surface area (Å²) in [4.78, 5) is 30.6. The van der Waals surface area contributed by atoms with Crippen LogP contribution in [0.1, 0.15) is 44.7 Å². The number of benzene rings is 2. The van der Waals surface area contributed by atoms with E-state index in [0.29, 0.717) is 31.7 Å². The van der Waals surface area contributed by atoms with Gasteiger partial charge in [-0.3, -0.25) is 9.59 Å². The molecule has 0 saturated carbocycles. The van der Waals surface area contributed by atoms with Gasteiger partial charge in [0.25, 0.3) is 0 Å². The van der Waals surface area contributed by atoms with Crippen molar-refractivity contribution in [3.05, 3.63) is 59.7 Å². The molecule has 1 N–H and O–H groups in total. The van der Waals surface area contributed by atoms with E-state index in [-0.39, 0.29) is 28.7 Å². The molecule has 0 radical (unpaired) electrons.